The summed E-state index contributed by atoms with van der Waals surface area (Å²) in [5, 5.41) is 0.884. The second-order valence-electron chi connectivity index (χ2n) is 5.82. The van der Waals surface area contributed by atoms with Crippen molar-refractivity contribution in [3.05, 3.63) is 63.1 Å². The van der Waals surface area contributed by atoms with E-state index in [-0.39, 0.29) is 18.9 Å². The number of hydrogen-bond acceptors (Lipinski definition) is 3. The molecule has 0 aliphatic carbocycles. The van der Waals surface area contributed by atoms with Gasteiger partial charge in [0.1, 0.15) is 5.75 Å². The molecule has 0 aliphatic rings. The molecule has 2 N–H and O–H groups in total. The van der Waals surface area contributed by atoms with Crippen LogP contribution in [0.5, 0.6) is 5.75 Å². The second kappa shape index (κ2) is 9.46. The van der Waals surface area contributed by atoms with E-state index < -0.39 is 5.91 Å². The highest BCUT2D eigenvalue weighted by atomic mass is 35.5. The molecule has 0 saturated carbocycles. The molecule has 2 rings (SSSR count). The first-order chi connectivity index (χ1) is 12.4. The van der Waals surface area contributed by atoms with Crippen molar-refractivity contribution >= 4 is 35.0 Å². The van der Waals surface area contributed by atoms with Gasteiger partial charge in [-0.05, 0) is 43.0 Å². The highest BCUT2D eigenvalue weighted by molar-refractivity contribution is 6.42. The van der Waals surface area contributed by atoms with Gasteiger partial charge in [-0.1, -0.05) is 53.5 Å². The van der Waals surface area contributed by atoms with Crippen molar-refractivity contribution in [1.82, 2.24) is 10.9 Å². The molecular weight excluding hydrogens is 375 g/mol. The lowest BCUT2D eigenvalue weighted by atomic mass is 10.1. The second-order valence-corrected chi connectivity index (χ2v) is 6.60. The Hall–Kier alpha value is -2.24. The van der Waals surface area contributed by atoms with Crippen LogP contribution in [0, 0.1) is 13.8 Å². The van der Waals surface area contributed by atoms with E-state index in [9.17, 15) is 9.59 Å². The Kier molecular flexibility index (Phi) is 7.30. The zero-order valence-electron chi connectivity index (χ0n) is 14.6. The summed E-state index contributed by atoms with van der Waals surface area (Å²) >= 11 is 12.0. The van der Waals surface area contributed by atoms with Gasteiger partial charge in [0.15, 0.2) is 6.61 Å². The number of para-hydroxylation sites is 1. The molecule has 5 nitrogen and oxygen atoms in total. The molecule has 0 fully saturated rings. The zero-order valence-corrected chi connectivity index (χ0v) is 16.1. The van der Waals surface area contributed by atoms with E-state index in [0.29, 0.717) is 22.2 Å². The fourth-order valence-electron chi connectivity index (χ4n) is 2.39. The molecule has 2 amide bonds. The number of benzene rings is 2. The summed E-state index contributed by atoms with van der Waals surface area (Å²) in [5.41, 5.74) is 7.36. The number of carbonyl (C=O) groups is 2. The van der Waals surface area contributed by atoms with Crippen molar-refractivity contribution in [1.29, 1.82) is 0 Å². The van der Waals surface area contributed by atoms with Crippen LogP contribution in [0.2, 0.25) is 10.0 Å². The standard InChI is InChI=1S/C19H20Cl2N2O3/c1-12-5-3-6-13(2)19(12)26-11-17(25)23-22-16(24)10-9-14-7-4-8-15(20)18(14)21/h3-8H,9-11H2,1-2H3,(H,22,24)(H,23,25). The van der Waals surface area contributed by atoms with Crippen LogP contribution in [0.1, 0.15) is 23.1 Å². The first-order valence-corrected chi connectivity index (χ1v) is 8.83. The summed E-state index contributed by atoms with van der Waals surface area (Å²) in [6.45, 7) is 3.62. The summed E-state index contributed by atoms with van der Waals surface area (Å²) in [6, 6.07) is 11.0. The number of rotatable bonds is 6. The van der Waals surface area contributed by atoms with Crippen LogP contribution in [-0.2, 0) is 16.0 Å². The monoisotopic (exact) mass is 394 g/mol. The Labute approximate surface area is 162 Å². The Balaban J connectivity index is 1.75. The summed E-state index contributed by atoms with van der Waals surface area (Å²) in [6.07, 6.45) is 0.581. The number of aryl methyl sites for hydroxylation is 3. The van der Waals surface area contributed by atoms with Gasteiger partial charge in [-0.2, -0.15) is 0 Å². The average Bonchev–Trinajstić information content (AvgIpc) is 2.60. The molecule has 0 heterocycles. The quantitative estimate of drug-likeness (QED) is 0.732. The minimum absolute atomic E-state index is 0.165. The third kappa shape index (κ3) is 5.64. The third-order valence-electron chi connectivity index (χ3n) is 3.75. The molecule has 138 valence electrons. The molecule has 0 spiro atoms. The number of ether oxygens (including phenoxy) is 1. The van der Waals surface area contributed by atoms with E-state index in [1.54, 1.807) is 18.2 Å². The van der Waals surface area contributed by atoms with E-state index >= 15 is 0 Å². The predicted molar refractivity (Wildman–Crippen MR) is 102 cm³/mol. The Morgan fingerprint density at radius 3 is 2.27 bits per heavy atom. The van der Waals surface area contributed by atoms with Crippen molar-refractivity contribution in [2.75, 3.05) is 6.61 Å². The minimum atomic E-state index is -0.443. The first kappa shape index (κ1) is 20.1. The van der Waals surface area contributed by atoms with Crippen LogP contribution in [0.25, 0.3) is 0 Å². The van der Waals surface area contributed by atoms with E-state index in [1.165, 1.54) is 0 Å². The van der Waals surface area contributed by atoms with Crippen molar-refractivity contribution in [2.45, 2.75) is 26.7 Å². The van der Waals surface area contributed by atoms with Crippen molar-refractivity contribution in [2.24, 2.45) is 0 Å². The van der Waals surface area contributed by atoms with Crippen molar-refractivity contribution in [3.8, 4) is 5.75 Å². The highest BCUT2D eigenvalue weighted by Crippen LogP contribution is 2.26. The maximum absolute atomic E-state index is 11.9. The number of nitrogens with one attached hydrogen (secondary N) is 2. The summed E-state index contributed by atoms with van der Waals surface area (Å²) in [4.78, 5) is 23.7. The Bertz CT molecular complexity index is 789. The van der Waals surface area contributed by atoms with Crippen LogP contribution >= 0.6 is 23.2 Å². The lowest BCUT2D eigenvalue weighted by Gasteiger charge is -2.12. The number of amides is 2. The number of halogens is 2. The van der Waals surface area contributed by atoms with E-state index in [4.69, 9.17) is 27.9 Å². The van der Waals surface area contributed by atoms with Gasteiger partial charge in [-0.25, -0.2) is 0 Å². The van der Waals surface area contributed by atoms with Gasteiger partial charge in [0, 0.05) is 6.42 Å². The van der Waals surface area contributed by atoms with Gasteiger partial charge in [0.25, 0.3) is 5.91 Å². The van der Waals surface area contributed by atoms with Gasteiger partial charge >= 0.3 is 0 Å². The van der Waals surface area contributed by atoms with E-state index in [2.05, 4.69) is 10.9 Å². The smallest absolute Gasteiger partial charge is 0.276 e. The molecule has 0 bridgehead atoms. The summed E-state index contributed by atoms with van der Waals surface area (Å²) in [5.74, 6) is -0.104. The van der Waals surface area contributed by atoms with Gasteiger partial charge in [0.05, 0.1) is 10.0 Å². The first-order valence-electron chi connectivity index (χ1n) is 8.08. The maximum atomic E-state index is 11.9. The number of hydrogen-bond donors (Lipinski definition) is 2. The topological polar surface area (TPSA) is 67.4 Å². The molecule has 0 saturated heterocycles. The van der Waals surface area contributed by atoms with Crippen LogP contribution in [0.3, 0.4) is 0 Å². The molecule has 7 heteroatoms. The van der Waals surface area contributed by atoms with Crippen LogP contribution in [0.4, 0.5) is 0 Å². The maximum Gasteiger partial charge on any atom is 0.276 e. The SMILES string of the molecule is Cc1cccc(C)c1OCC(=O)NNC(=O)CCc1cccc(Cl)c1Cl. The summed E-state index contributed by atoms with van der Waals surface area (Å²) in [7, 11) is 0. The molecule has 0 aliphatic heterocycles. The van der Waals surface area contributed by atoms with E-state index in [0.717, 1.165) is 16.7 Å². The highest BCUT2D eigenvalue weighted by Gasteiger charge is 2.10. The average molecular weight is 395 g/mol. The molecule has 0 aromatic heterocycles. The van der Waals surface area contributed by atoms with Gasteiger partial charge < -0.3 is 4.74 Å². The van der Waals surface area contributed by atoms with Crippen molar-refractivity contribution in [3.63, 3.8) is 0 Å². The van der Waals surface area contributed by atoms with Gasteiger partial charge in [-0.15, -0.1) is 0 Å². The van der Waals surface area contributed by atoms with Crippen LogP contribution in [0.15, 0.2) is 36.4 Å². The molecular formula is C19H20Cl2N2O3. The fourth-order valence-corrected chi connectivity index (χ4v) is 2.81. The van der Waals surface area contributed by atoms with Crippen LogP contribution in [-0.4, -0.2) is 18.4 Å². The summed E-state index contributed by atoms with van der Waals surface area (Å²) < 4.78 is 5.52. The van der Waals surface area contributed by atoms with Crippen molar-refractivity contribution < 1.29 is 14.3 Å². The third-order valence-corrected chi connectivity index (χ3v) is 4.61. The Morgan fingerprint density at radius 1 is 0.962 bits per heavy atom. The normalized spacial score (nSPS) is 10.3. The molecule has 0 unspecified atom stereocenters. The molecule has 26 heavy (non-hydrogen) atoms. The lowest BCUT2D eigenvalue weighted by Crippen LogP contribution is -2.44. The van der Waals surface area contributed by atoms with E-state index in [1.807, 2.05) is 32.0 Å². The molecule has 2 aromatic rings. The zero-order chi connectivity index (χ0) is 19.1. The predicted octanol–water partition coefficient (Wildman–Crippen LogP) is 3.77. The largest absolute Gasteiger partial charge is 0.483 e. The molecule has 2 aromatic carbocycles. The fraction of sp³-hybridized carbons (Fsp3) is 0.263. The molecule has 0 radical (unpaired) electrons. The number of carbonyl (C=O) groups excluding carboxylic acids is 2. The Morgan fingerprint density at radius 2 is 1.58 bits per heavy atom. The van der Waals surface area contributed by atoms with Crippen LogP contribution < -0.4 is 15.6 Å². The lowest BCUT2D eigenvalue weighted by molar-refractivity contribution is -0.130. The minimum Gasteiger partial charge on any atom is -0.483 e. The molecule has 0 atom stereocenters. The van der Waals surface area contributed by atoms with Gasteiger partial charge in [-0.3, -0.25) is 20.4 Å². The number of hydrazine groups is 1. The van der Waals surface area contributed by atoms with Gasteiger partial charge in [0.2, 0.25) is 5.91 Å².